The molecule has 7 nitrogen and oxygen atoms in total. The molecule has 31 heavy (non-hydrogen) atoms. The molecule has 0 saturated carbocycles. The van der Waals surface area contributed by atoms with Gasteiger partial charge in [0.25, 0.3) is 0 Å². The van der Waals surface area contributed by atoms with Crippen LogP contribution in [0.15, 0.2) is 42.5 Å². The van der Waals surface area contributed by atoms with Crippen LogP contribution in [-0.2, 0) is 15.9 Å². The molecule has 2 aliphatic heterocycles. The summed E-state index contributed by atoms with van der Waals surface area (Å²) in [4.78, 5) is 0. The molecule has 2 saturated heterocycles. The Balaban J connectivity index is 1.47. The van der Waals surface area contributed by atoms with E-state index in [9.17, 15) is 15.3 Å². The molecule has 8 heteroatoms. The molecule has 2 aromatic rings. The molecule has 4 N–H and O–H groups in total. The lowest BCUT2D eigenvalue weighted by molar-refractivity contribution is -0.0820. The summed E-state index contributed by atoms with van der Waals surface area (Å²) in [6.07, 6.45) is -4.15. The lowest BCUT2D eigenvalue weighted by Crippen LogP contribution is -2.40. The van der Waals surface area contributed by atoms with Crippen LogP contribution in [0.25, 0.3) is 0 Å². The second-order valence-electron chi connectivity index (χ2n) is 8.03. The van der Waals surface area contributed by atoms with E-state index in [0.29, 0.717) is 23.6 Å². The van der Waals surface area contributed by atoms with Gasteiger partial charge in [-0.2, -0.15) is 0 Å². The summed E-state index contributed by atoms with van der Waals surface area (Å²) in [6, 6.07) is 13.1. The van der Waals surface area contributed by atoms with Crippen molar-refractivity contribution >= 4 is 11.6 Å². The molecule has 6 atom stereocenters. The van der Waals surface area contributed by atoms with Crippen molar-refractivity contribution in [3.05, 3.63) is 64.2 Å². The Morgan fingerprint density at radius 1 is 1.10 bits per heavy atom. The standard InChI is InChI=1S/C23H27ClO7/c24-18-6-3-14(22-20(27)21(28)23(31-22)19(26)11-25)10-15(18)9-13-1-4-16(5-2-13)30-17-7-8-29-12-17/h1-6,10,17,19-23,25-28H,7-9,11-12H2/t17-,19?,20+,21+,22-,23+/m0/s1. The lowest BCUT2D eigenvalue weighted by Gasteiger charge is -2.19. The van der Waals surface area contributed by atoms with Crippen LogP contribution >= 0.6 is 11.6 Å². The van der Waals surface area contributed by atoms with E-state index in [4.69, 9.17) is 30.9 Å². The van der Waals surface area contributed by atoms with Crippen molar-refractivity contribution in [3.8, 4) is 5.75 Å². The maximum atomic E-state index is 10.4. The van der Waals surface area contributed by atoms with Crippen molar-refractivity contribution in [1.82, 2.24) is 0 Å². The highest BCUT2D eigenvalue weighted by Crippen LogP contribution is 2.36. The number of ether oxygens (including phenoxy) is 3. The van der Waals surface area contributed by atoms with Gasteiger partial charge in [0.15, 0.2) is 0 Å². The van der Waals surface area contributed by atoms with Crippen molar-refractivity contribution in [2.24, 2.45) is 0 Å². The Labute approximate surface area is 185 Å². The van der Waals surface area contributed by atoms with Gasteiger partial charge in [0, 0.05) is 11.4 Å². The number of hydrogen-bond donors (Lipinski definition) is 4. The predicted molar refractivity (Wildman–Crippen MR) is 113 cm³/mol. The molecular weight excluding hydrogens is 424 g/mol. The maximum absolute atomic E-state index is 10.4. The third-order valence-electron chi connectivity index (χ3n) is 5.77. The molecule has 2 fully saturated rings. The number of halogens is 1. The highest BCUT2D eigenvalue weighted by molar-refractivity contribution is 6.31. The predicted octanol–water partition coefficient (Wildman–Crippen LogP) is 1.61. The van der Waals surface area contributed by atoms with Crippen LogP contribution in [0.1, 0.15) is 29.2 Å². The fraction of sp³-hybridized carbons (Fsp3) is 0.478. The molecule has 0 aliphatic carbocycles. The summed E-state index contributed by atoms with van der Waals surface area (Å²) >= 11 is 6.40. The van der Waals surface area contributed by atoms with Crippen LogP contribution < -0.4 is 4.74 Å². The summed E-state index contributed by atoms with van der Waals surface area (Å²) in [5.41, 5.74) is 2.52. The zero-order valence-electron chi connectivity index (χ0n) is 16.9. The van der Waals surface area contributed by atoms with Crippen molar-refractivity contribution in [3.63, 3.8) is 0 Å². The molecular formula is C23H27ClO7. The molecule has 1 unspecified atom stereocenters. The maximum Gasteiger partial charge on any atom is 0.124 e. The van der Waals surface area contributed by atoms with E-state index in [1.54, 1.807) is 12.1 Å². The molecule has 0 bridgehead atoms. The lowest BCUT2D eigenvalue weighted by atomic mass is 9.96. The average Bonchev–Trinajstić information content (AvgIpc) is 3.39. The largest absolute Gasteiger partial charge is 0.488 e. The van der Waals surface area contributed by atoms with Crippen LogP contribution in [0.5, 0.6) is 5.75 Å². The number of rotatable bonds is 7. The molecule has 2 heterocycles. The molecule has 4 rings (SSSR count). The van der Waals surface area contributed by atoms with Gasteiger partial charge < -0.3 is 34.6 Å². The van der Waals surface area contributed by atoms with Gasteiger partial charge >= 0.3 is 0 Å². The first-order chi connectivity index (χ1) is 15.0. The Morgan fingerprint density at radius 3 is 2.55 bits per heavy atom. The van der Waals surface area contributed by atoms with Gasteiger partial charge in [-0.3, -0.25) is 0 Å². The zero-order chi connectivity index (χ0) is 22.0. The summed E-state index contributed by atoms with van der Waals surface area (Å²) in [5.74, 6) is 0.795. The van der Waals surface area contributed by atoms with Crippen LogP contribution in [0.2, 0.25) is 5.02 Å². The van der Waals surface area contributed by atoms with E-state index in [2.05, 4.69) is 0 Å². The minimum Gasteiger partial charge on any atom is -0.488 e. The third kappa shape index (κ3) is 5.04. The minimum absolute atomic E-state index is 0.0957. The van der Waals surface area contributed by atoms with E-state index in [1.807, 2.05) is 30.3 Å². The summed E-state index contributed by atoms with van der Waals surface area (Å²) in [6.45, 7) is 0.776. The van der Waals surface area contributed by atoms with E-state index >= 15 is 0 Å². The fourth-order valence-electron chi connectivity index (χ4n) is 4.01. The molecule has 2 aromatic carbocycles. The first kappa shape index (κ1) is 22.5. The van der Waals surface area contributed by atoms with E-state index in [-0.39, 0.29) is 6.10 Å². The minimum atomic E-state index is -1.30. The second kappa shape index (κ2) is 9.83. The van der Waals surface area contributed by atoms with Gasteiger partial charge in [-0.05, 0) is 41.3 Å². The monoisotopic (exact) mass is 450 g/mol. The highest BCUT2D eigenvalue weighted by Gasteiger charge is 2.46. The van der Waals surface area contributed by atoms with Crippen molar-refractivity contribution in [2.45, 2.75) is 49.5 Å². The van der Waals surface area contributed by atoms with Crippen molar-refractivity contribution in [2.75, 3.05) is 19.8 Å². The Morgan fingerprint density at radius 2 is 1.87 bits per heavy atom. The van der Waals surface area contributed by atoms with Gasteiger partial charge in [0.05, 0.1) is 19.8 Å². The molecule has 168 valence electrons. The van der Waals surface area contributed by atoms with Gasteiger partial charge in [0.1, 0.15) is 42.4 Å². The Kier molecular flexibility index (Phi) is 7.13. The third-order valence-corrected chi connectivity index (χ3v) is 6.14. The Bertz CT molecular complexity index is 869. The van der Waals surface area contributed by atoms with E-state index < -0.39 is 37.1 Å². The molecule has 0 aromatic heterocycles. The van der Waals surface area contributed by atoms with Gasteiger partial charge in [-0.1, -0.05) is 35.9 Å². The highest BCUT2D eigenvalue weighted by atomic mass is 35.5. The first-order valence-electron chi connectivity index (χ1n) is 10.4. The topological polar surface area (TPSA) is 109 Å². The average molecular weight is 451 g/mol. The smallest absolute Gasteiger partial charge is 0.124 e. The van der Waals surface area contributed by atoms with Gasteiger partial charge in [0.2, 0.25) is 0 Å². The summed E-state index contributed by atoms with van der Waals surface area (Å²) in [5, 5.41) is 40.1. The number of aliphatic hydroxyl groups excluding tert-OH is 4. The summed E-state index contributed by atoms with van der Waals surface area (Å²) < 4.78 is 16.9. The van der Waals surface area contributed by atoms with Crippen LogP contribution in [0.4, 0.5) is 0 Å². The molecule has 0 amide bonds. The zero-order valence-corrected chi connectivity index (χ0v) is 17.7. The normalized spacial score (nSPS) is 29.3. The fourth-order valence-corrected chi connectivity index (χ4v) is 4.20. The van der Waals surface area contributed by atoms with Crippen LogP contribution in [0, 0.1) is 0 Å². The van der Waals surface area contributed by atoms with Crippen molar-refractivity contribution < 1.29 is 34.6 Å². The Hall–Kier alpha value is -1.71. The van der Waals surface area contributed by atoms with Gasteiger partial charge in [-0.15, -0.1) is 0 Å². The summed E-state index contributed by atoms with van der Waals surface area (Å²) in [7, 11) is 0. The molecule has 0 radical (unpaired) electrons. The van der Waals surface area contributed by atoms with E-state index in [1.165, 1.54) is 0 Å². The second-order valence-corrected chi connectivity index (χ2v) is 8.43. The van der Waals surface area contributed by atoms with Crippen molar-refractivity contribution in [1.29, 1.82) is 0 Å². The first-order valence-corrected chi connectivity index (χ1v) is 10.8. The number of aliphatic hydroxyl groups is 4. The quantitative estimate of drug-likeness (QED) is 0.507. The molecule has 2 aliphatic rings. The number of hydrogen-bond acceptors (Lipinski definition) is 7. The van der Waals surface area contributed by atoms with E-state index in [0.717, 1.165) is 29.9 Å². The molecule has 0 spiro atoms. The SMILES string of the molecule is OCC(O)[C@H]1O[C@@H](c2ccc(Cl)c(Cc3ccc(O[C@H]4CCOC4)cc3)c2)[C@H](O)[C@H]1O. The van der Waals surface area contributed by atoms with Crippen LogP contribution in [-0.4, -0.2) is 70.8 Å². The number of benzene rings is 2. The van der Waals surface area contributed by atoms with Crippen LogP contribution in [0.3, 0.4) is 0 Å². The van der Waals surface area contributed by atoms with Gasteiger partial charge in [-0.25, -0.2) is 0 Å².